The molecule has 3 heteroatoms. The SMILES string of the molecule is CN(C)CCN(C)CCCCCCCCCBr. The molecule has 0 bridgehead atoms. The maximum atomic E-state index is 3.48. The van der Waals surface area contributed by atoms with Crippen LogP contribution in [0.3, 0.4) is 0 Å². The molecule has 0 aromatic rings. The van der Waals surface area contributed by atoms with Gasteiger partial charge < -0.3 is 9.80 Å². The van der Waals surface area contributed by atoms with Crippen LogP contribution in [-0.4, -0.2) is 55.9 Å². The summed E-state index contributed by atoms with van der Waals surface area (Å²) in [7, 11) is 6.51. The maximum Gasteiger partial charge on any atom is 0.0106 e. The van der Waals surface area contributed by atoms with Crippen LogP contribution in [0.1, 0.15) is 44.9 Å². The third-order valence-corrected chi connectivity index (χ3v) is 3.66. The summed E-state index contributed by atoms with van der Waals surface area (Å²) in [6.45, 7) is 3.62. The Morgan fingerprint density at radius 1 is 0.647 bits per heavy atom. The highest BCUT2D eigenvalue weighted by molar-refractivity contribution is 9.09. The van der Waals surface area contributed by atoms with E-state index in [1.807, 2.05) is 0 Å². The number of hydrogen-bond donors (Lipinski definition) is 0. The van der Waals surface area contributed by atoms with Crippen LogP contribution in [0.2, 0.25) is 0 Å². The molecule has 0 amide bonds. The summed E-state index contributed by atoms with van der Waals surface area (Å²) in [6, 6.07) is 0. The van der Waals surface area contributed by atoms with E-state index in [1.54, 1.807) is 0 Å². The Morgan fingerprint density at radius 3 is 1.71 bits per heavy atom. The van der Waals surface area contributed by atoms with Gasteiger partial charge in [0.25, 0.3) is 0 Å². The Bertz CT molecular complexity index is 151. The Morgan fingerprint density at radius 2 is 1.18 bits per heavy atom. The Hall–Kier alpha value is 0.400. The topological polar surface area (TPSA) is 6.48 Å². The van der Waals surface area contributed by atoms with Crippen molar-refractivity contribution in [3.05, 3.63) is 0 Å². The Labute approximate surface area is 117 Å². The molecule has 0 atom stereocenters. The molecule has 0 fully saturated rings. The molecule has 104 valence electrons. The average molecular weight is 307 g/mol. The van der Waals surface area contributed by atoms with Crippen LogP contribution in [0.4, 0.5) is 0 Å². The molecule has 2 nitrogen and oxygen atoms in total. The molecule has 0 saturated heterocycles. The fourth-order valence-electron chi connectivity index (χ4n) is 1.84. The van der Waals surface area contributed by atoms with Crippen molar-refractivity contribution in [2.24, 2.45) is 0 Å². The van der Waals surface area contributed by atoms with Crippen molar-refractivity contribution in [2.45, 2.75) is 44.9 Å². The number of unbranched alkanes of at least 4 members (excludes halogenated alkanes) is 6. The van der Waals surface area contributed by atoms with E-state index in [9.17, 15) is 0 Å². The van der Waals surface area contributed by atoms with Crippen LogP contribution in [0.15, 0.2) is 0 Å². The second-order valence-corrected chi connectivity index (χ2v) is 6.06. The monoisotopic (exact) mass is 306 g/mol. The highest BCUT2D eigenvalue weighted by atomic mass is 79.9. The third kappa shape index (κ3) is 14.3. The second-order valence-electron chi connectivity index (χ2n) is 5.27. The summed E-state index contributed by atoms with van der Waals surface area (Å²) < 4.78 is 0. The Balaban J connectivity index is 3.11. The maximum absolute atomic E-state index is 3.48. The molecule has 0 aliphatic heterocycles. The molecule has 0 unspecified atom stereocenters. The molecule has 0 aliphatic rings. The van der Waals surface area contributed by atoms with Crippen LogP contribution in [0, 0.1) is 0 Å². The van der Waals surface area contributed by atoms with E-state index < -0.39 is 0 Å². The molecule has 0 saturated carbocycles. The van der Waals surface area contributed by atoms with E-state index in [4.69, 9.17) is 0 Å². The molecule has 0 aromatic carbocycles. The quantitative estimate of drug-likeness (QED) is 0.401. The van der Waals surface area contributed by atoms with Crippen molar-refractivity contribution in [3.63, 3.8) is 0 Å². The fourth-order valence-corrected chi connectivity index (χ4v) is 2.24. The number of rotatable bonds is 12. The summed E-state index contributed by atoms with van der Waals surface area (Å²) >= 11 is 3.48. The second kappa shape index (κ2) is 12.8. The molecule has 0 aromatic heterocycles. The zero-order valence-corrected chi connectivity index (χ0v) is 13.6. The van der Waals surface area contributed by atoms with Crippen LogP contribution >= 0.6 is 15.9 Å². The lowest BCUT2D eigenvalue weighted by atomic mass is 10.1. The molecular weight excluding hydrogens is 276 g/mol. The van der Waals surface area contributed by atoms with E-state index >= 15 is 0 Å². The summed E-state index contributed by atoms with van der Waals surface area (Å²) in [4.78, 5) is 4.70. The van der Waals surface area contributed by atoms with Crippen LogP contribution < -0.4 is 0 Å². The van der Waals surface area contributed by atoms with Crippen molar-refractivity contribution >= 4 is 15.9 Å². The lowest BCUT2D eigenvalue weighted by Gasteiger charge is -2.19. The minimum Gasteiger partial charge on any atom is -0.308 e. The molecule has 0 radical (unpaired) electrons. The van der Waals surface area contributed by atoms with E-state index in [-0.39, 0.29) is 0 Å². The minimum atomic E-state index is 1.17. The van der Waals surface area contributed by atoms with Crippen molar-refractivity contribution < 1.29 is 0 Å². The first kappa shape index (κ1) is 17.4. The highest BCUT2D eigenvalue weighted by Crippen LogP contribution is 2.08. The van der Waals surface area contributed by atoms with Crippen LogP contribution in [0.5, 0.6) is 0 Å². The predicted molar refractivity (Wildman–Crippen MR) is 82.2 cm³/mol. The van der Waals surface area contributed by atoms with Gasteiger partial charge in [-0.05, 0) is 40.5 Å². The van der Waals surface area contributed by atoms with Gasteiger partial charge in [0.1, 0.15) is 0 Å². The number of alkyl halides is 1. The van der Waals surface area contributed by atoms with E-state index in [0.717, 1.165) is 0 Å². The van der Waals surface area contributed by atoms with Crippen molar-refractivity contribution in [1.29, 1.82) is 0 Å². The summed E-state index contributed by atoms with van der Waals surface area (Å²) in [5.41, 5.74) is 0. The van der Waals surface area contributed by atoms with Gasteiger partial charge in [0.15, 0.2) is 0 Å². The lowest BCUT2D eigenvalue weighted by molar-refractivity contribution is 0.277. The fraction of sp³-hybridized carbons (Fsp3) is 1.00. The molecule has 17 heavy (non-hydrogen) atoms. The zero-order valence-electron chi connectivity index (χ0n) is 12.1. The van der Waals surface area contributed by atoms with Gasteiger partial charge in [0.2, 0.25) is 0 Å². The number of nitrogens with zero attached hydrogens (tertiary/aromatic N) is 2. The molecule has 0 heterocycles. The first-order valence-corrected chi connectivity index (χ1v) is 8.18. The van der Waals surface area contributed by atoms with Gasteiger partial charge in [-0.1, -0.05) is 48.0 Å². The van der Waals surface area contributed by atoms with Crippen molar-refractivity contribution in [1.82, 2.24) is 9.80 Å². The van der Waals surface area contributed by atoms with E-state index in [0.29, 0.717) is 0 Å². The highest BCUT2D eigenvalue weighted by Gasteiger charge is 1.99. The summed E-state index contributed by atoms with van der Waals surface area (Å²) in [6.07, 6.45) is 9.77. The molecule has 0 rings (SSSR count). The minimum absolute atomic E-state index is 1.17. The van der Waals surface area contributed by atoms with Gasteiger partial charge in [0, 0.05) is 18.4 Å². The first-order chi connectivity index (χ1) is 8.16. The smallest absolute Gasteiger partial charge is 0.0106 e. The van der Waals surface area contributed by atoms with Gasteiger partial charge in [-0.2, -0.15) is 0 Å². The van der Waals surface area contributed by atoms with Crippen LogP contribution in [-0.2, 0) is 0 Å². The molecular formula is C14H31BrN2. The van der Waals surface area contributed by atoms with Gasteiger partial charge in [-0.25, -0.2) is 0 Å². The number of likely N-dealkylation sites (N-methyl/N-ethyl adjacent to an activating group) is 2. The largest absolute Gasteiger partial charge is 0.308 e. The van der Waals surface area contributed by atoms with Gasteiger partial charge in [-0.15, -0.1) is 0 Å². The van der Waals surface area contributed by atoms with Crippen LogP contribution in [0.25, 0.3) is 0 Å². The normalized spacial score (nSPS) is 11.6. The molecule has 0 aliphatic carbocycles. The van der Waals surface area contributed by atoms with E-state index in [2.05, 4.69) is 46.9 Å². The van der Waals surface area contributed by atoms with E-state index in [1.165, 1.54) is 69.9 Å². The van der Waals surface area contributed by atoms with Crippen molar-refractivity contribution in [2.75, 3.05) is 46.1 Å². The Kier molecular flexibility index (Phi) is 13.1. The first-order valence-electron chi connectivity index (χ1n) is 7.06. The standard InChI is InChI=1S/C14H31BrN2/c1-16(2)13-14-17(3)12-10-8-6-4-5-7-9-11-15/h4-14H2,1-3H3. The van der Waals surface area contributed by atoms with Gasteiger partial charge >= 0.3 is 0 Å². The molecule has 0 N–H and O–H groups in total. The molecule has 0 spiro atoms. The number of halogens is 1. The predicted octanol–water partition coefficient (Wildman–Crippen LogP) is 3.61. The summed E-state index contributed by atoms with van der Waals surface area (Å²) in [5.74, 6) is 0. The summed E-state index contributed by atoms with van der Waals surface area (Å²) in [5, 5.41) is 1.17. The third-order valence-electron chi connectivity index (χ3n) is 3.10. The zero-order chi connectivity index (χ0) is 12.9. The average Bonchev–Trinajstić information content (AvgIpc) is 2.30. The lowest BCUT2D eigenvalue weighted by Crippen LogP contribution is -2.29. The van der Waals surface area contributed by atoms with Crippen molar-refractivity contribution in [3.8, 4) is 0 Å². The number of hydrogen-bond acceptors (Lipinski definition) is 2. The van der Waals surface area contributed by atoms with Gasteiger partial charge in [-0.3, -0.25) is 0 Å². The van der Waals surface area contributed by atoms with Gasteiger partial charge in [0.05, 0.1) is 0 Å².